The molecule has 1 heterocycles. The molecule has 3 aromatic rings. The zero-order valence-corrected chi connectivity index (χ0v) is 12.7. The Morgan fingerprint density at radius 3 is 2.47 bits per heavy atom. The number of fused-ring (bicyclic) bond motifs is 1. The van der Waals surface area contributed by atoms with Crippen molar-refractivity contribution in [3.8, 4) is 0 Å². The van der Waals surface area contributed by atoms with Crippen molar-refractivity contribution in [2.24, 2.45) is 0 Å². The first kappa shape index (κ1) is 13.0. The maximum atomic E-state index is 6.26. The first-order valence-corrected chi connectivity index (χ1v) is 7.63. The Bertz CT molecular complexity index is 744. The van der Waals surface area contributed by atoms with E-state index in [1.54, 1.807) is 6.07 Å². The van der Waals surface area contributed by atoms with Gasteiger partial charge in [-0.15, -0.1) is 11.3 Å². The van der Waals surface area contributed by atoms with E-state index in [4.69, 9.17) is 23.2 Å². The smallest absolute Gasteiger partial charge is 0.0456 e. The summed E-state index contributed by atoms with van der Waals surface area (Å²) in [6, 6.07) is 14.2. The van der Waals surface area contributed by atoms with Crippen LogP contribution in [0.3, 0.4) is 0 Å². The summed E-state index contributed by atoms with van der Waals surface area (Å²) in [5.41, 5.74) is 1.12. The largest absolute Gasteiger partial charge is 0.144 e. The van der Waals surface area contributed by atoms with Crippen molar-refractivity contribution in [1.29, 1.82) is 0 Å². The predicted octanol–water partition coefficient (Wildman–Crippen LogP) is 6.11. The molecule has 3 heteroatoms. The van der Waals surface area contributed by atoms with E-state index in [9.17, 15) is 0 Å². The SMILES string of the molecule is Cc1sc(Cc2ccc(Cl)cc2Cl)c2ccccc12. The van der Waals surface area contributed by atoms with Crippen molar-refractivity contribution in [2.75, 3.05) is 0 Å². The van der Waals surface area contributed by atoms with Crippen molar-refractivity contribution >= 4 is 45.3 Å². The molecule has 19 heavy (non-hydrogen) atoms. The molecule has 0 aliphatic carbocycles. The van der Waals surface area contributed by atoms with Gasteiger partial charge in [0.1, 0.15) is 0 Å². The summed E-state index contributed by atoms with van der Waals surface area (Å²) in [6.07, 6.45) is 0.856. The molecule has 0 unspecified atom stereocenters. The van der Waals surface area contributed by atoms with Gasteiger partial charge in [0.25, 0.3) is 0 Å². The third kappa shape index (κ3) is 2.51. The summed E-state index contributed by atoms with van der Waals surface area (Å²) < 4.78 is 0. The Morgan fingerprint density at radius 1 is 1.00 bits per heavy atom. The van der Waals surface area contributed by atoms with Gasteiger partial charge in [-0.3, -0.25) is 0 Å². The standard InChI is InChI=1S/C16H12Cl2S/c1-10-13-4-2-3-5-14(13)16(19-10)8-11-6-7-12(17)9-15(11)18/h2-7,9H,8H2,1H3. The van der Waals surface area contributed by atoms with Crippen molar-refractivity contribution in [3.63, 3.8) is 0 Å². The molecule has 0 radical (unpaired) electrons. The quantitative estimate of drug-likeness (QED) is 0.536. The maximum Gasteiger partial charge on any atom is 0.0456 e. The molecular formula is C16H12Cl2S. The average Bonchev–Trinajstić information content (AvgIpc) is 2.71. The molecule has 0 aliphatic rings. The van der Waals surface area contributed by atoms with Crippen LogP contribution in [0.4, 0.5) is 0 Å². The molecular weight excluding hydrogens is 295 g/mol. The van der Waals surface area contributed by atoms with E-state index < -0.39 is 0 Å². The molecule has 0 aliphatic heterocycles. The number of hydrogen-bond donors (Lipinski definition) is 0. The van der Waals surface area contributed by atoms with E-state index in [0.29, 0.717) is 5.02 Å². The summed E-state index contributed by atoms with van der Waals surface area (Å²) in [5, 5.41) is 4.09. The van der Waals surface area contributed by atoms with Crippen LogP contribution in [-0.2, 0) is 6.42 Å². The molecule has 0 fully saturated rings. The van der Waals surface area contributed by atoms with E-state index >= 15 is 0 Å². The maximum absolute atomic E-state index is 6.26. The fourth-order valence-electron chi connectivity index (χ4n) is 2.30. The molecule has 96 valence electrons. The highest BCUT2D eigenvalue weighted by Crippen LogP contribution is 2.33. The summed E-state index contributed by atoms with van der Waals surface area (Å²) >= 11 is 14.0. The van der Waals surface area contributed by atoms with Crippen molar-refractivity contribution in [1.82, 2.24) is 0 Å². The lowest BCUT2D eigenvalue weighted by Gasteiger charge is -2.04. The number of rotatable bonds is 2. The number of thiophene rings is 1. The highest BCUT2D eigenvalue weighted by molar-refractivity contribution is 7.13. The van der Waals surface area contributed by atoms with Crippen LogP contribution in [0.25, 0.3) is 10.8 Å². The second-order valence-electron chi connectivity index (χ2n) is 4.54. The van der Waals surface area contributed by atoms with Gasteiger partial charge in [0.15, 0.2) is 0 Å². The number of benzene rings is 2. The lowest BCUT2D eigenvalue weighted by Crippen LogP contribution is -1.87. The normalized spacial score (nSPS) is 11.1. The Balaban J connectivity index is 2.06. The summed E-state index contributed by atoms with van der Waals surface area (Å²) in [6.45, 7) is 2.17. The Hall–Kier alpha value is -1.02. The molecule has 0 saturated carbocycles. The minimum absolute atomic E-state index is 0.681. The van der Waals surface area contributed by atoms with Gasteiger partial charge >= 0.3 is 0 Å². The van der Waals surface area contributed by atoms with Gasteiger partial charge < -0.3 is 0 Å². The summed E-state index contributed by atoms with van der Waals surface area (Å²) in [5.74, 6) is 0. The van der Waals surface area contributed by atoms with E-state index in [-0.39, 0.29) is 0 Å². The van der Waals surface area contributed by atoms with Crippen LogP contribution in [0.1, 0.15) is 15.3 Å². The van der Waals surface area contributed by atoms with E-state index in [1.165, 1.54) is 20.5 Å². The molecule has 3 rings (SSSR count). The van der Waals surface area contributed by atoms with Crippen molar-refractivity contribution in [3.05, 3.63) is 67.8 Å². The van der Waals surface area contributed by atoms with E-state index in [1.807, 2.05) is 23.5 Å². The number of halogens is 2. The van der Waals surface area contributed by atoms with Crippen LogP contribution in [0.15, 0.2) is 42.5 Å². The summed E-state index contributed by atoms with van der Waals surface area (Å²) in [7, 11) is 0. The third-order valence-corrected chi connectivity index (χ3v) is 4.97. The van der Waals surface area contributed by atoms with Gasteiger partial charge in [-0.25, -0.2) is 0 Å². The Labute approximate surface area is 126 Å². The zero-order valence-electron chi connectivity index (χ0n) is 10.4. The molecule has 0 bridgehead atoms. The van der Waals surface area contributed by atoms with Gasteiger partial charge in [0.2, 0.25) is 0 Å². The topological polar surface area (TPSA) is 0 Å². The van der Waals surface area contributed by atoms with Gasteiger partial charge in [0.05, 0.1) is 0 Å². The molecule has 0 nitrogen and oxygen atoms in total. The lowest BCUT2D eigenvalue weighted by atomic mass is 10.1. The van der Waals surface area contributed by atoms with Gasteiger partial charge in [-0.1, -0.05) is 53.5 Å². The van der Waals surface area contributed by atoms with Gasteiger partial charge in [0, 0.05) is 26.2 Å². The highest BCUT2D eigenvalue weighted by atomic mass is 35.5. The molecule has 0 spiro atoms. The van der Waals surface area contributed by atoms with Crippen LogP contribution >= 0.6 is 34.5 Å². The highest BCUT2D eigenvalue weighted by Gasteiger charge is 2.10. The van der Waals surface area contributed by atoms with Crippen molar-refractivity contribution < 1.29 is 0 Å². The van der Waals surface area contributed by atoms with E-state index in [2.05, 4.69) is 31.2 Å². The van der Waals surface area contributed by atoms with E-state index in [0.717, 1.165) is 17.0 Å². The monoisotopic (exact) mass is 306 g/mol. The molecule has 1 aromatic heterocycles. The second kappa shape index (κ2) is 5.16. The lowest BCUT2D eigenvalue weighted by molar-refractivity contribution is 1.26. The molecule has 0 N–H and O–H groups in total. The molecule has 0 saturated heterocycles. The molecule has 2 aromatic carbocycles. The second-order valence-corrected chi connectivity index (χ2v) is 6.69. The Kier molecular flexibility index (Phi) is 3.53. The van der Waals surface area contributed by atoms with Crippen LogP contribution in [-0.4, -0.2) is 0 Å². The Morgan fingerprint density at radius 2 is 1.74 bits per heavy atom. The summed E-state index contributed by atoms with van der Waals surface area (Å²) in [4.78, 5) is 2.72. The predicted molar refractivity (Wildman–Crippen MR) is 85.8 cm³/mol. The minimum atomic E-state index is 0.681. The number of aryl methyl sites for hydroxylation is 1. The first-order valence-electron chi connectivity index (χ1n) is 6.06. The van der Waals surface area contributed by atoms with Gasteiger partial charge in [-0.05, 0) is 35.4 Å². The third-order valence-electron chi connectivity index (χ3n) is 3.25. The fourth-order valence-corrected chi connectivity index (χ4v) is 3.95. The minimum Gasteiger partial charge on any atom is -0.144 e. The average molecular weight is 307 g/mol. The van der Waals surface area contributed by atoms with Crippen molar-refractivity contribution in [2.45, 2.75) is 13.3 Å². The van der Waals surface area contributed by atoms with Crippen LogP contribution < -0.4 is 0 Å². The fraction of sp³-hybridized carbons (Fsp3) is 0.125. The van der Waals surface area contributed by atoms with Gasteiger partial charge in [-0.2, -0.15) is 0 Å². The molecule has 0 atom stereocenters. The number of hydrogen-bond acceptors (Lipinski definition) is 1. The van der Waals surface area contributed by atoms with Crippen LogP contribution in [0.5, 0.6) is 0 Å². The van der Waals surface area contributed by atoms with Crippen LogP contribution in [0.2, 0.25) is 10.0 Å². The molecule has 0 amide bonds. The first-order chi connectivity index (χ1) is 9.15. The van der Waals surface area contributed by atoms with Crippen LogP contribution in [0, 0.1) is 6.92 Å². The zero-order chi connectivity index (χ0) is 13.4.